The minimum atomic E-state index is -0.780. The molecule has 128 valence electrons. The fourth-order valence-electron chi connectivity index (χ4n) is 2.69. The van der Waals surface area contributed by atoms with E-state index in [0.717, 1.165) is 0 Å². The van der Waals surface area contributed by atoms with Crippen LogP contribution < -0.4 is 0 Å². The summed E-state index contributed by atoms with van der Waals surface area (Å²) in [5.41, 5.74) is 0.628. The number of halogens is 2. The predicted octanol–water partition coefficient (Wildman–Crippen LogP) is 2.56. The second-order valence-corrected chi connectivity index (χ2v) is 6.28. The number of aliphatic hydroxyl groups is 1. The summed E-state index contributed by atoms with van der Waals surface area (Å²) in [6.45, 7) is 2.29. The molecule has 6 nitrogen and oxygen atoms in total. The van der Waals surface area contributed by atoms with Gasteiger partial charge in [-0.2, -0.15) is 5.10 Å². The number of hydrogen-bond donors (Lipinski definition) is 1. The fourth-order valence-corrected chi connectivity index (χ4v) is 3.02. The van der Waals surface area contributed by atoms with E-state index in [2.05, 4.69) is 21.0 Å². The summed E-state index contributed by atoms with van der Waals surface area (Å²) in [5.74, 6) is -1.10. The number of aliphatic hydroxyl groups excluding tert-OH is 1. The maximum Gasteiger partial charge on any atom is 0.341 e. The first-order valence-corrected chi connectivity index (χ1v) is 8.28. The molecule has 2 unspecified atom stereocenters. The highest BCUT2D eigenvalue weighted by atomic mass is 79.9. The van der Waals surface area contributed by atoms with Crippen molar-refractivity contribution in [3.8, 4) is 11.3 Å². The summed E-state index contributed by atoms with van der Waals surface area (Å²) >= 11 is 3.21. The number of benzene rings is 1. The number of esters is 1. The Hall–Kier alpha value is -1.77. The molecule has 1 aliphatic heterocycles. The van der Waals surface area contributed by atoms with Crippen molar-refractivity contribution in [1.29, 1.82) is 0 Å². The molecule has 1 N–H and O–H groups in total. The SMILES string of the molecule is CCOC(=O)c1cnn(C2COCC2O)c1-c1ccc(Br)cc1F. The third kappa shape index (κ3) is 3.09. The van der Waals surface area contributed by atoms with Gasteiger partial charge in [0.1, 0.15) is 23.5 Å². The van der Waals surface area contributed by atoms with Crippen molar-refractivity contribution in [2.45, 2.75) is 19.1 Å². The maximum atomic E-state index is 14.5. The van der Waals surface area contributed by atoms with Gasteiger partial charge in [0.05, 0.1) is 31.7 Å². The van der Waals surface area contributed by atoms with Crippen molar-refractivity contribution < 1.29 is 23.8 Å². The molecule has 0 saturated carbocycles. The van der Waals surface area contributed by atoms with Crippen LogP contribution in [-0.4, -0.2) is 46.8 Å². The van der Waals surface area contributed by atoms with Gasteiger partial charge >= 0.3 is 5.97 Å². The largest absolute Gasteiger partial charge is 0.462 e. The molecule has 1 fully saturated rings. The smallest absolute Gasteiger partial charge is 0.341 e. The van der Waals surface area contributed by atoms with Crippen LogP contribution in [0.1, 0.15) is 23.3 Å². The van der Waals surface area contributed by atoms with E-state index in [9.17, 15) is 14.3 Å². The van der Waals surface area contributed by atoms with E-state index in [1.54, 1.807) is 19.1 Å². The Kier molecular flexibility index (Phi) is 4.98. The van der Waals surface area contributed by atoms with Crippen molar-refractivity contribution in [2.75, 3.05) is 19.8 Å². The zero-order valence-electron chi connectivity index (χ0n) is 12.9. The Morgan fingerprint density at radius 3 is 2.96 bits per heavy atom. The normalized spacial score (nSPS) is 20.3. The molecule has 24 heavy (non-hydrogen) atoms. The van der Waals surface area contributed by atoms with Crippen LogP contribution in [0.25, 0.3) is 11.3 Å². The minimum absolute atomic E-state index is 0.150. The zero-order valence-corrected chi connectivity index (χ0v) is 14.5. The molecule has 0 radical (unpaired) electrons. The van der Waals surface area contributed by atoms with E-state index < -0.39 is 23.9 Å². The number of carbonyl (C=O) groups excluding carboxylic acids is 1. The summed E-state index contributed by atoms with van der Waals surface area (Å²) in [7, 11) is 0. The van der Waals surface area contributed by atoms with Crippen LogP contribution in [0.3, 0.4) is 0 Å². The first-order chi connectivity index (χ1) is 11.5. The van der Waals surface area contributed by atoms with Gasteiger partial charge in [-0.1, -0.05) is 15.9 Å². The monoisotopic (exact) mass is 398 g/mol. The molecule has 0 amide bonds. The predicted molar refractivity (Wildman–Crippen MR) is 87.1 cm³/mol. The van der Waals surface area contributed by atoms with Gasteiger partial charge in [0.25, 0.3) is 0 Å². The molecule has 1 saturated heterocycles. The third-order valence-electron chi connectivity index (χ3n) is 3.81. The summed E-state index contributed by atoms with van der Waals surface area (Å²) in [5, 5.41) is 14.3. The highest BCUT2D eigenvalue weighted by Gasteiger charge is 2.33. The van der Waals surface area contributed by atoms with Crippen LogP contribution in [0.4, 0.5) is 4.39 Å². The standard InChI is InChI=1S/C16H16BrFN2O4/c1-2-24-16(22)11-6-19-20(13-7-23-8-14(13)21)15(11)10-4-3-9(17)5-12(10)18/h3-6,13-14,21H,2,7-8H2,1H3. The Labute approximate surface area is 146 Å². The average molecular weight is 399 g/mol. The van der Waals surface area contributed by atoms with Crippen LogP contribution in [0.15, 0.2) is 28.9 Å². The van der Waals surface area contributed by atoms with E-state index in [1.807, 2.05) is 0 Å². The molecule has 1 aromatic heterocycles. The van der Waals surface area contributed by atoms with E-state index in [-0.39, 0.29) is 36.6 Å². The van der Waals surface area contributed by atoms with Crippen molar-refractivity contribution in [1.82, 2.24) is 9.78 Å². The van der Waals surface area contributed by atoms with E-state index in [4.69, 9.17) is 9.47 Å². The van der Waals surface area contributed by atoms with Crippen molar-refractivity contribution in [3.05, 3.63) is 40.2 Å². The van der Waals surface area contributed by atoms with E-state index >= 15 is 0 Å². The van der Waals surface area contributed by atoms with Gasteiger partial charge in [-0.25, -0.2) is 9.18 Å². The summed E-state index contributed by atoms with van der Waals surface area (Å²) in [6, 6.07) is 4.04. The van der Waals surface area contributed by atoms with Gasteiger partial charge in [0.15, 0.2) is 0 Å². The number of ether oxygens (including phenoxy) is 2. The number of aromatic nitrogens is 2. The van der Waals surface area contributed by atoms with E-state index in [0.29, 0.717) is 4.47 Å². The molecule has 0 spiro atoms. The lowest BCUT2D eigenvalue weighted by Crippen LogP contribution is -2.24. The summed E-state index contributed by atoms with van der Waals surface area (Å²) in [6.07, 6.45) is 0.553. The van der Waals surface area contributed by atoms with Crippen LogP contribution in [0.2, 0.25) is 0 Å². The molecule has 8 heteroatoms. The van der Waals surface area contributed by atoms with Gasteiger partial charge in [-0.15, -0.1) is 0 Å². The molecule has 2 aromatic rings. The van der Waals surface area contributed by atoms with E-state index in [1.165, 1.54) is 16.9 Å². The van der Waals surface area contributed by atoms with Gasteiger partial charge in [0, 0.05) is 10.0 Å². The van der Waals surface area contributed by atoms with Crippen molar-refractivity contribution in [3.63, 3.8) is 0 Å². The first kappa shape index (κ1) is 17.1. The molecule has 2 atom stereocenters. The summed E-state index contributed by atoms with van der Waals surface area (Å²) < 4.78 is 26.8. The minimum Gasteiger partial charge on any atom is -0.462 e. The molecule has 1 aromatic carbocycles. The lowest BCUT2D eigenvalue weighted by atomic mass is 10.1. The average Bonchev–Trinajstić information content (AvgIpc) is 3.13. The topological polar surface area (TPSA) is 73.6 Å². The fraction of sp³-hybridized carbons (Fsp3) is 0.375. The van der Waals surface area contributed by atoms with Crippen LogP contribution >= 0.6 is 15.9 Å². The maximum absolute atomic E-state index is 14.5. The Bertz CT molecular complexity index is 765. The third-order valence-corrected chi connectivity index (χ3v) is 4.31. The molecule has 3 rings (SSSR count). The Morgan fingerprint density at radius 2 is 2.33 bits per heavy atom. The van der Waals surface area contributed by atoms with Crippen molar-refractivity contribution >= 4 is 21.9 Å². The molecule has 0 bridgehead atoms. The van der Waals surface area contributed by atoms with Gasteiger partial charge in [0.2, 0.25) is 0 Å². The molecule has 1 aliphatic rings. The van der Waals surface area contributed by atoms with Crippen LogP contribution in [0.5, 0.6) is 0 Å². The van der Waals surface area contributed by atoms with Gasteiger partial charge < -0.3 is 14.6 Å². The number of hydrogen-bond acceptors (Lipinski definition) is 5. The van der Waals surface area contributed by atoms with Gasteiger partial charge in [-0.05, 0) is 25.1 Å². The number of rotatable bonds is 4. The lowest BCUT2D eigenvalue weighted by molar-refractivity contribution is 0.0527. The number of carbonyl (C=O) groups is 1. The van der Waals surface area contributed by atoms with Crippen LogP contribution in [0, 0.1) is 5.82 Å². The van der Waals surface area contributed by atoms with Crippen LogP contribution in [-0.2, 0) is 9.47 Å². The Morgan fingerprint density at radius 1 is 1.54 bits per heavy atom. The highest BCUT2D eigenvalue weighted by Crippen LogP contribution is 2.33. The van der Waals surface area contributed by atoms with Gasteiger partial charge in [-0.3, -0.25) is 4.68 Å². The molecular weight excluding hydrogens is 383 g/mol. The quantitative estimate of drug-likeness (QED) is 0.801. The molecular formula is C16H16BrFN2O4. The summed E-state index contributed by atoms with van der Waals surface area (Å²) in [4.78, 5) is 12.2. The zero-order chi connectivity index (χ0) is 17.3. The molecule has 2 heterocycles. The first-order valence-electron chi connectivity index (χ1n) is 7.48. The number of nitrogens with zero attached hydrogens (tertiary/aromatic N) is 2. The lowest BCUT2D eigenvalue weighted by Gasteiger charge is -2.17. The van der Waals surface area contributed by atoms with Crippen molar-refractivity contribution in [2.24, 2.45) is 0 Å². The Balaban J connectivity index is 2.15. The second-order valence-electron chi connectivity index (χ2n) is 5.37. The highest BCUT2D eigenvalue weighted by molar-refractivity contribution is 9.10. The second kappa shape index (κ2) is 7.00. The molecule has 0 aliphatic carbocycles.